The molecule has 0 unspecified atom stereocenters. The molecule has 1 N–H and O–H groups in total. The summed E-state index contributed by atoms with van der Waals surface area (Å²) in [5.74, 6) is 2.92. The van der Waals surface area contributed by atoms with Crippen molar-refractivity contribution in [2.24, 2.45) is 0 Å². The molecule has 0 aliphatic heterocycles. The first-order valence-corrected chi connectivity index (χ1v) is 17.0. The van der Waals surface area contributed by atoms with E-state index in [4.69, 9.17) is 14.2 Å². The molecule has 0 saturated carbocycles. The van der Waals surface area contributed by atoms with E-state index < -0.39 is 0 Å². The van der Waals surface area contributed by atoms with Crippen LogP contribution < -0.4 is 9.47 Å². The molecule has 0 bridgehead atoms. The third-order valence-electron chi connectivity index (χ3n) is 8.64. The maximum absolute atomic E-state index is 11.7. The molecule has 0 aliphatic carbocycles. The summed E-state index contributed by atoms with van der Waals surface area (Å²) >= 11 is 0. The second-order valence-electron chi connectivity index (χ2n) is 12.2. The number of carbonyl (C=O) groups excluding carboxylic acids is 1. The molecule has 0 fully saturated rings. The number of hydrogen-bond acceptors (Lipinski definition) is 5. The number of fused-ring (bicyclic) bond motifs is 2. The van der Waals surface area contributed by atoms with Crippen molar-refractivity contribution in [1.29, 1.82) is 0 Å². The fourth-order valence-electron chi connectivity index (χ4n) is 5.97. The highest BCUT2D eigenvalue weighted by molar-refractivity contribution is 5.96. The number of carbonyl (C=O) groups is 1. The number of benzene rings is 8. The number of ether oxygens (including phenoxy) is 3. The zero-order valence-corrected chi connectivity index (χ0v) is 28.6. The second kappa shape index (κ2) is 15.9. The van der Waals surface area contributed by atoms with Gasteiger partial charge in [0.2, 0.25) is 0 Å². The second-order valence-corrected chi connectivity index (χ2v) is 12.2. The van der Waals surface area contributed by atoms with E-state index in [1.165, 1.54) is 7.11 Å². The van der Waals surface area contributed by atoms with E-state index in [0.717, 1.165) is 72.4 Å². The lowest BCUT2D eigenvalue weighted by Crippen LogP contribution is -2.00. The van der Waals surface area contributed by atoms with Crippen LogP contribution in [0.4, 0.5) is 0 Å². The summed E-state index contributed by atoms with van der Waals surface area (Å²) in [4.78, 5) is 11.7. The third-order valence-corrected chi connectivity index (χ3v) is 8.64. The Morgan fingerprint density at radius 2 is 0.885 bits per heavy atom. The van der Waals surface area contributed by atoms with Gasteiger partial charge in [-0.2, -0.15) is 0 Å². The van der Waals surface area contributed by atoms with Crippen molar-refractivity contribution in [2.45, 2.75) is 6.61 Å². The van der Waals surface area contributed by atoms with Crippen molar-refractivity contribution >= 4 is 27.5 Å². The van der Waals surface area contributed by atoms with Gasteiger partial charge in [-0.15, -0.1) is 0 Å². The highest BCUT2D eigenvalue weighted by Crippen LogP contribution is 2.31. The molecule has 0 aromatic heterocycles. The van der Waals surface area contributed by atoms with Crippen LogP contribution in [0.5, 0.6) is 23.0 Å². The van der Waals surface area contributed by atoms with Gasteiger partial charge in [0.25, 0.3) is 0 Å². The van der Waals surface area contributed by atoms with Crippen LogP contribution in [-0.2, 0) is 11.3 Å². The highest BCUT2D eigenvalue weighted by atomic mass is 16.5. The topological polar surface area (TPSA) is 65.0 Å². The standard InChI is InChI=1S/C24H18O3.C23H18O2/c1-26-24(25)21-13-12-19-14-18(10-11-20(19)15-21)17-6-5-9-23(16-17)27-22-7-3-2-4-8-22;24-16-17-9-10-20-14-21(12-11-19(20)13-17)18-5-4-8-23(15-18)25-22-6-2-1-3-7-22/h2-16H,1H3;1-15,24H,16H2. The lowest BCUT2D eigenvalue weighted by molar-refractivity contribution is 0.0601. The van der Waals surface area contributed by atoms with Crippen LogP contribution in [0.15, 0.2) is 182 Å². The van der Waals surface area contributed by atoms with Crippen LogP contribution in [0.2, 0.25) is 0 Å². The third kappa shape index (κ3) is 8.19. The maximum Gasteiger partial charge on any atom is 0.337 e. The van der Waals surface area contributed by atoms with Crippen molar-refractivity contribution in [1.82, 2.24) is 0 Å². The summed E-state index contributed by atoms with van der Waals surface area (Å²) in [6.45, 7) is 0.0660. The summed E-state index contributed by atoms with van der Waals surface area (Å²) in [5, 5.41) is 13.6. The summed E-state index contributed by atoms with van der Waals surface area (Å²) in [6.07, 6.45) is 0. The van der Waals surface area contributed by atoms with Gasteiger partial charge in [-0.3, -0.25) is 0 Å². The molecule has 0 amide bonds. The molecule has 0 atom stereocenters. The average Bonchev–Trinajstić information content (AvgIpc) is 3.21. The van der Waals surface area contributed by atoms with Crippen molar-refractivity contribution in [3.05, 3.63) is 193 Å². The van der Waals surface area contributed by atoms with Crippen LogP contribution >= 0.6 is 0 Å². The zero-order valence-electron chi connectivity index (χ0n) is 28.6. The number of rotatable bonds is 8. The van der Waals surface area contributed by atoms with Crippen LogP contribution in [0, 0.1) is 0 Å². The molecule has 0 radical (unpaired) electrons. The number of para-hydroxylation sites is 2. The van der Waals surface area contributed by atoms with Gasteiger partial charge in [0.15, 0.2) is 0 Å². The number of hydrogen-bond donors (Lipinski definition) is 1. The number of aliphatic hydroxyl groups is 1. The lowest BCUT2D eigenvalue weighted by Gasteiger charge is -2.09. The van der Waals surface area contributed by atoms with E-state index in [1.54, 1.807) is 6.07 Å². The Morgan fingerprint density at radius 3 is 1.40 bits per heavy atom. The average molecular weight is 681 g/mol. The zero-order chi connectivity index (χ0) is 35.7. The molecule has 8 aromatic carbocycles. The fourth-order valence-corrected chi connectivity index (χ4v) is 5.97. The molecule has 0 saturated heterocycles. The first kappa shape index (κ1) is 33.8. The van der Waals surface area contributed by atoms with Gasteiger partial charge in [0.1, 0.15) is 23.0 Å². The molecule has 0 aliphatic rings. The highest BCUT2D eigenvalue weighted by Gasteiger charge is 2.08. The Morgan fingerprint density at radius 1 is 0.442 bits per heavy atom. The predicted octanol–water partition coefficient (Wildman–Crippen LogP) is 11.9. The Labute approximate surface area is 302 Å². The number of aliphatic hydroxyl groups excluding tert-OH is 1. The quantitative estimate of drug-likeness (QED) is 0.162. The van der Waals surface area contributed by atoms with Gasteiger partial charge in [-0.1, -0.05) is 103 Å². The van der Waals surface area contributed by atoms with E-state index in [1.807, 2.05) is 127 Å². The van der Waals surface area contributed by atoms with Gasteiger partial charge in [0, 0.05) is 0 Å². The molecule has 254 valence electrons. The molecule has 8 aromatic rings. The molecule has 8 rings (SSSR count). The Bertz CT molecular complexity index is 2460. The van der Waals surface area contributed by atoms with E-state index in [2.05, 4.69) is 48.5 Å². The van der Waals surface area contributed by atoms with Gasteiger partial charge in [-0.05, 0) is 128 Å². The molecule has 0 spiro atoms. The molecular formula is C47H36O5. The summed E-state index contributed by atoms with van der Waals surface area (Å²) < 4.78 is 16.6. The van der Waals surface area contributed by atoms with Crippen LogP contribution in [-0.4, -0.2) is 18.2 Å². The fraction of sp³-hybridized carbons (Fsp3) is 0.0426. The molecule has 52 heavy (non-hydrogen) atoms. The van der Waals surface area contributed by atoms with Crippen LogP contribution in [0.1, 0.15) is 15.9 Å². The first-order valence-electron chi connectivity index (χ1n) is 17.0. The molecule has 0 heterocycles. The maximum atomic E-state index is 11.7. The van der Waals surface area contributed by atoms with Gasteiger partial charge < -0.3 is 19.3 Å². The van der Waals surface area contributed by atoms with Crippen molar-refractivity contribution in [3.63, 3.8) is 0 Å². The summed E-state index contributed by atoms with van der Waals surface area (Å²) in [5.41, 5.74) is 5.90. The van der Waals surface area contributed by atoms with E-state index in [9.17, 15) is 9.90 Å². The Kier molecular flexibility index (Phi) is 10.3. The number of esters is 1. The van der Waals surface area contributed by atoms with Gasteiger partial charge in [-0.25, -0.2) is 4.79 Å². The Hall–Kier alpha value is -6.69. The molecule has 5 heteroatoms. The molecule has 5 nitrogen and oxygen atoms in total. The minimum atomic E-state index is -0.327. The van der Waals surface area contributed by atoms with E-state index in [0.29, 0.717) is 5.56 Å². The van der Waals surface area contributed by atoms with E-state index in [-0.39, 0.29) is 12.6 Å². The minimum absolute atomic E-state index is 0.0660. The van der Waals surface area contributed by atoms with Crippen molar-refractivity contribution < 1.29 is 24.1 Å². The predicted molar refractivity (Wildman–Crippen MR) is 209 cm³/mol. The smallest absolute Gasteiger partial charge is 0.337 e. The van der Waals surface area contributed by atoms with E-state index >= 15 is 0 Å². The van der Waals surface area contributed by atoms with Crippen LogP contribution in [0.3, 0.4) is 0 Å². The van der Waals surface area contributed by atoms with Crippen molar-refractivity contribution in [2.75, 3.05) is 7.11 Å². The SMILES string of the molecule is COC(=O)c1ccc2cc(-c3cccc(Oc4ccccc4)c3)ccc2c1.OCc1ccc2cc(-c3cccc(Oc4ccccc4)c3)ccc2c1. The molecular weight excluding hydrogens is 645 g/mol. The summed E-state index contributed by atoms with van der Waals surface area (Å²) in [7, 11) is 1.39. The van der Waals surface area contributed by atoms with Crippen molar-refractivity contribution in [3.8, 4) is 45.3 Å². The lowest BCUT2D eigenvalue weighted by atomic mass is 10.00. The Balaban J connectivity index is 0.000000162. The largest absolute Gasteiger partial charge is 0.465 e. The normalized spacial score (nSPS) is 10.7. The van der Waals surface area contributed by atoms with Gasteiger partial charge in [0.05, 0.1) is 19.3 Å². The van der Waals surface area contributed by atoms with Crippen LogP contribution in [0.25, 0.3) is 43.8 Å². The first-order chi connectivity index (χ1) is 25.5. The number of methoxy groups -OCH3 is 1. The van der Waals surface area contributed by atoms with Gasteiger partial charge >= 0.3 is 5.97 Å². The monoisotopic (exact) mass is 680 g/mol. The summed E-state index contributed by atoms with van der Waals surface area (Å²) in [6, 6.07) is 59.8. The minimum Gasteiger partial charge on any atom is -0.465 e.